The maximum Gasteiger partial charge on any atom is 0.323 e. The number of amides is 1. The van der Waals surface area contributed by atoms with Gasteiger partial charge in [-0.2, -0.15) is 0 Å². The first-order valence-electron chi connectivity index (χ1n) is 6.16. The summed E-state index contributed by atoms with van der Waals surface area (Å²) in [5.41, 5.74) is 0.926. The van der Waals surface area contributed by atoms with E-state index in [1.807, 2.05) is 6.92 Å². The van der Waals surface area contributed by atoms with Crippen molar-refractivity contribution < 1.29 is 19.8 Å². The van der Waals surface area contributed by atoms with Crippen molar-refractivity contribution in [2.75, 3.05) is 11.4 Å². The molecule has 0 spiro atoms. The van der Waals surface area contributed by atoms with Gasteiger partial charge in [0.2, 0.25) is 0 Å². The molecule has 110 valence electrons. The van der Waals surface area contributed by atoms with Crippen LogP contribution in [0.3, 0.4) is 0 Å². The minimum absolute atomic E-state index is 0.0372. The summed E-state index contributed by atoms with van der Waals surface area (Å²) in [4.78, 5) is 25.0. The summed E-state index contributed by atoms with van der Waals surface area (Å²) in [5.74, 6) is -1.56. The zero-order valence-corrected chi connectivity index (χ0v) is 12.0. The molecule has 0 aliphatic heterocycles. The lowest BCUT2D eigenvalue weighted by atomic mass is 10.2. The maximum atomic E-state index is 12.5. The fourth-order valence-corrected chi connectivity index (χ4v) is 2.47. The van der Waals surface area contributed by atoms with Gasteiger partial charge >= 0.3 is 5.97 Å². The van der Waals surface area contributed by atoms with Crippen molar-refractivity contribution in [3.63, 3.8) is 0 Å². The summed E-state index contributed by atoms with van der Waals surface area (Å²) >= 11 is 0.941. The minimum atomic E-state index is -1.13. The van der Waals surface area contributed by atoms with Crippen molar-refractivity contribution in [3.8, 4) is 5.75 Å². The average Bonchev–Trinajstić information content (AvgIpc) is 2.93. The zero-order valence-electron chi connectivity index (χ0n) is 11.2. The van der Waals surface area contributed by atoms with Crippen LogP contribution in [0.4, 0.5) is 5.69 Å². The van der Waals surface area contributed by atoms with Crippen LogP contribution in [0.25, 0.3) is 0 Å². The number of benzene rings is 1. The summed E-state index contributed by atoms with van der Waals surface area (Å²) < 4.78 is 3.74. The predicted molar refractivity (Wildman–Crippen MR) is 76.7 cm³/mol. The number of phenolic OH excluding ortho intramolecular Hbond substituents is 1. The van der Waals surface area contributed by atoms with Crippen molar-refractivity contribution in [2.24, 2.45) is 0 Å². The average molecular weight is 307 g/mol. The number of carbonyl (C=O) groups excluding carboxylic acids is 1. The van der Waals surface area contributed by atoms with Gasteiger partial charge in [-0.05, 0) is 42.2 Å². The van der Waals surface area contributed by atoms with Gasteiger partial charge in [-0.1, -0.05) is 11.4 Å². The molecule has 2 aromatic rings. The summed E-state index contributed by atoms with van der Waals surface area (Å²) in [5, 5.41) is 22.1. The lowest BCUT2D eigenvalue weighted by molar-refractivity contribution is -0.135. The first kappa shape index (κ1) is 14.9. The Balaban J connectivity index is 2.38. The van der Waals surface area contributed by atoms with Gasteiger partial charge in [-0.25, -0.2) is 0 Å². The molecular formula is C13H13N3O4S. The molecule has 0 unspecified atom stereocenters. The van der Waals surface area contributed by atoms with Gasteiger partial charge in [0, 0.05) is 5.69 Å². The molecule has 0 atom stereocenters. The van der Waals surface area contributed by atoms with E-state index in [9.17, 15) is 14.7 Å². The largest absolute Gasteiger partial charge is 0.508 e. The molecule has 0 radical (unpaired) electrons. The van der Waals surface area contributed by atoms with Gasteiger partial charge in [-0.3, -0.25) is 14.5 Å². The smallest absolute Gasteiger partial charge is 0.323 e. The second-order valence-electron chi connectivity index (χ2n) is 4.20. The van der Waals surface area contributed by atoms with E-state index >= 15 is 0 Å². The molecule has 1 aromatic heterocycles. The molecule has 0 saturated heterocycles. The fourth-order valence-electron chi connectivity index (χ4n) is 1.77. The number of anilines is 1. The van der Waals surface area contributed by atoms with Crippen molar-refractivity contribution in [1.29, 1.82) is 0 Å². The molecule has 2 N–H and O–H groups in total. The third-order valence-electron chi connectivity index (χ3n) is 2.78. The summed E-state index contributed by atoms with van der Waals surface area (Å²) in [6.07, 6.45) is 0.536. The first-order valence-corrected chi connectivity index (χ1v) is 6.94. The number of nitrogens with zero attached hydrogens (tertiary/aromatic N) is 3. The van der Waals surface area contributed by atoms with Crippen LogP contribution in [0.2, 0.25) is 0 Å². The van der Waals surface area contributed by atoms with E-state index in [1.165, 1.54) is 24.3 Å². The lowest BCUT2D eigenvalue weighted by Gasteiger charge is -2.20. The normalized spacial score (nSPS) is 10.3. The first-order chi connectivity index (χ1) is 10.0. The van der Waals surface area contributed by atoms with Crippen LogP contribution in [0.1, 0.15) is 22.3 Å². The number of carboxylic acid groups (broad SMARTS) is 1. The quantitative estimate of drug-likeness (QED) is 0.868. The topological polar surface area (TPSA) is 104 Å². The highest BCUT2D eigenvalue weighted by Crippen LogP contribution is 2.22. The molecule has 0 fully saturated rings. The lowest BCUT2D eigenvalue weighted by Crippen LogP contribution is -2.35. The molecule has 1 amide bonds. The highest BCUT2D eigenvalue weighted by atomic mass is 32.1. The summed E-state index contributed by atoms with van der Waals surface area (Å²) in [6, 6.07) is 5.75. The van der Waals surface area contributed by atoms with Gasteiger partial charge in [0.15, 0.2) is 0 Å². The van der Waals surface area contributed by atoms with Gasteiger partial charge in [0.1, 0.15) is 17.2 Å². The Morgan fingerprint density at radius 2 is 1.95 bits per heavy atom. The van der Waals surface area contributed by atoms with Crippen molar-refractivity contribution in [3.05, 3.63) is 34.8 Å². The van der Waals surface area contributed by atoms with Crippen LogP contribution in [-0.2, 0) is 11.2 Å². The Morgan fingerprint density at radius 3 is 2.52 bits per heavy atom. The SMILES string of the molecule is CCc1nnsc1C(=O)N(CC(=O)O)c1ccc(O)cc1. The molecule has 0 aliphatic carbocycles. The molecule has 0 aliphatic rings. The van der Waals surface area contributed by atoms with Crippen LogP contribution in [0.15, 0.2) is 24.3 Å². The number of rotatable bonds is 5. The number of aromatic nitrogens is 2. The summed E-state index contributed by atoms with van der Waals surface area (Å²) in [6.45, 7) is 1.36. The number of hydrogen-bond donors (Lipinski definition) is 2. The van der Waals surface area contributed by atoms with Crippen LogP contribution in [0, 0.1) is 0 Å². The van der Waals surface area contributed by atoms with E-state index in [4.69, 9.17) is 5.11 Å². The van der Waals surface area contributed by atoms with Crippen LogP contribution < -0.4 is 4.90 Å². The Hall–Kier alpha value is -2.48. The maximum absolute atomic E-state index is 12.5. The number of aryl methyl sites for hydroxylation is 1. The van der Waals surface area contributed by atoms with E-state index < -0.39 is 18.4 Å². The Labute approximate surface area is 124 Å². The molecule has 0 saturated carbocycles. The molecule has 2 rings (SSSR count). The highest BCUT2D eigenvalue weighted by Gasteiger charge is 2.24. The monoisotopic (exact) mass is 307 g/mol. The number of aliphatic carboxylic acids is 1. The molecule has 21 heavy (non-hydrogen) atoms. The number of hydrogen-bond acceptors (Lipinski definition) is 6. The molecule has 1 heterocycles. The van der Waals surface area contributed by atoms with Crippen molar-refractivity contribution in [2.45, 2.75) is 13.3 Å². The van der Waals surface area contributed by atoms with Gasteiger partial charge < -0.3 is 10.2 Å². The van der Waals surface area contributed by atoms with Crippen molar-refractivity contribution >= 4 is 29.1 Å². The van der Waals surface area contributed by atoms with Crippen LogP contribution in [-0.4, -0.2) is 38.2 Å². The Kier molecular flexibility index (Phi) is 4.49. The number of aromatic hydroxyl groups is 1. The second-order valence-corrected chi connectivity index (χ2v) is 4.96. The van der Waals surface area contributed by atoms with E-state index in [-0.39, 0.29) is 5.75 Å². The van der Waals surface area contributed by atoms with E-state index in [0.29, 0.717) is 22.7 Å². The molecule has 0 bridgehead atoms. The van der Waals surface area contributed by atoms with Crippen LogP contribution in [0.5, 0.6) is 5.75 Å². The third kappa shape index (κ3) is 3.34. The Morgan fingerprint density at radius 1 is 1.29 bits per heavy atom. The zero-order chi connectivity index (χ0) is 15.4. The van der Waals surface area contributed by atoms with Gasteiger partial charge in [-0.15, -0.1) is 5.10 Å². The van der Waals surface area contributed by atoms with E-state index in [2.05, 4.69) is 9.59 Å². The second kappa shape index (κ2) is 6.31. The van der Waals surface area contributed by atoms with Gasteiger partial charge in [0.05, 0.1) is 5.69 Å². The predicted octanol–water partition coefficient (Wildman–Crippen LogP) is 1.54. The number of phenols is 1. The summed E-state index contributed by atoms with van der Waals surface area (Å²) in [7, 11) is 0. The highest BCUT2D eigenvalue weighted by molar-refractivity contribution is 7.08. The van der Waals surface area contributed by atoms with Gasteiger partial charge in [0.25, 0.3) is 5.91 Å². The minimum Gasteiger partial charge on any atom is -0.508 e. The fraction of sp³-hybridized carbons (Fsp3) is 0.231. The number of carbonyl (C=O) groups is 2. The number of carboxylic acids is 1. The molecular weight excluding hydrogens is 294 g/mol. The standard InChI is InChI=1S/C13H13N3O4S/c1-2-10-12(21-15-14-10)13(20)16(7-11(18)19)8-3-5-9(17)6-4-8/h3-6,17H,2,7H2,1H3,(H,18,19). The van der Waals surface area contributed by atoms with E-state index in [1.54, 1.807) is 0 Å². The van der Waals surface area contributed by atoms with E-state index in [0.717, 1.165) is 16.4 Å². The van der Waals surface area contributed by atoms with Crippen LogP contribution >= 0.6 is 11.5 Å². The molecule has 8 heteroatoms. The third-order valence-corrected chi connectivity index (χ3v) is 3.54. The molecule has 1 aromatic carbocycles. The molecule has 7 nitrogen and oxygen atoms in total. The van der Waals surface area contributed by atoms with Crippen molar-refractivity contribution in [1.82, 2.24) is 9.59 Å². The Bertz CT molecular complexity index is 654.